The van der Waals surface area contributed by atoms with Gasteiger partial charge in [-0.05, 0) is 94.7 Å². The summed E-state index contributed by atoms with van der Waals surface area (Å²) in [5.41, 5.74) is 6.20. The van der Waals surface area contributed by atoms with E-state index >= 15 is 0 Å². The normalized spacial score (nSPS) is 14.8. The van der Waals surface area contributed by atoms with Crippen LogP contribution >= 0.6 is 0 Å². The van der Waals surface area contributed by atoms with Crippen LogP contribution in [0, 0.1) is 25.5 Å². The Kier molecular flexibility index (Phi) is 6.81. The zero-order valence-electron chi connectivity index (χ0n) is 22.2. The van der Waals surface area contributed by atoms with E-state index in [0.717, 1.165) is 38.7 Å². The molecule has 2 aromatic heterocycles. The molecule has 0 amide bonds. The van der Waals surface area contributed by atoms with Crippen molar-refractivity contribution in [3.8, 4) is 0 Å². The molecule has 0 spiro atoms. The summed E-state index contributed by atoms with van der Waals surface area (Å²) in [4.78, 5) is 18.9. The van der Waals surface area contributed by atoms with E-state index in [1.807, 2.05) is 26.0 Å². The maximum absolute atomic E-state index is 13.6. The van der Waals surface area contributed by atoms with Crippen LogP contribution in [0.15, 0.2) is 77.6 Å². The minimum atomic E-state index is -0.532. The summed E-state index contributed by atoms with van der Waals surface area (Å²) in [6, 6.07) is 18.2. The molecule has 40 heavy (non-hydrogen) atoms. The average Bonchev–Trinajstić information content (AvgIpc) is 3.39. The Bertz CT molecular complexity index is 1770. The van der Waals surface area contributed by atoms with Gasteiger partial charge in [-0.3, -0.25) is 9.69 Å². The molecule has 3 aromatic carbocycles. The molecule has 0 aliphatic carbocycles. The molecule has 0 saturated carbocycles. The smallest absolute Gasteiger partial charge is 0.253 e. The van der Waals surface area contributed by atoms with Crippen LogP contribution in [-0.4, -0.2) is 43.2 Å². The zero-order valence-corrected chi connectivity index (χ0v) is 22.2. The maximum atomic E-state index is 13.6. The Morgan fingerprint density at radius 3 is 2.40 bits per heavy atom. The van der Waals surface area contributed by atoms with Gasteiger partial charge in [-0.15, -0.1) is 5.10 Å². The molecule has 1 aliphatic heterocycles. The molecule has 7 nitrogen and oxygen atoms in total. The lowest BCUT2D eigenvalue weighted by atomic mass is 9.96. The first kappa shape index (κ1) is 25.8. The minimum absolute atomic E-state index is 0.200. The van der Waals surface area contributed by atoms with Crippen LogP contribution in [0.3, 0.4) is 0 Å². The van der Waals surface area contributed by atoms with Crippen molar-refractivity contribution >= 4 is 16.5 Å². The van der Waals surface area contributed by atoms with Gasteiger partial charge in [0, 0.05) is 18.7 Å². The summed E-state index contributed by atoms with van der Waals surface area (Å²) in [7, 11) is 0. The van der Waals surface area contributed by atoms with Crippen LogP contribution in [-0.2, 0) is 6.54 Å². The molecule has 1 N–H and O–H groups in total. The molecule has 202 valence electrons. The van der Waals surface area contributed by atoms with Crippen molar-refractivity contribution < 1.29 is 8.78 Å². The van der Waals surface area contributed by atoms with Gasteiger partial charge in [-0.2, -0.15) is 0 Å². The Labute approximate surface area is 229 Å². The first-order chi connectivity index (χ1) is 19.4. The first-order valence-corrected chi connectivity index (χ1v) is 13.2. The van der Waals surface area contributed by atoms with Gasteiger partial charge < -0.3 is 4.98 Å². The van der Waals surface area contributed by atoms with Gasteiger partial charge in [0.25, 0.3) is 5.56 Å². The van der Waals surface area contributed by atoms with Gasteiger partial charge in [0.05, 0.1) is 12.1 Å². The first-order valence-electron chi connectivity index (χ1n) is 13.2. The summed E-state index contributed by atoms with van der Waals surface area (Å²) in [6.45, 7) is 5.53. The molecule has 0 bridgehead atoms. The number of nitrogens with zero attached hydrogens (tertiary/aromatic N) is 5. The number of rotatable bonds is 6. The van der Waals surface area contributed by atoms with Crippen LogP contribution in [0.2, 0.25) is 0 Å². The van der Waals surface area contributed by atoms with Gasteiger partial charge in [-0.25, -0.2) is 13.5 Å². The summed E-state index contributed by atoms with van der Waals surface area (Å²) >= 11 is 0. The highest BCUT2D eigenvalue weighted by molar-refractivity contribution is 5.83. The number of H-pyrrole nitrogens is 1. The average molecular weight is 539 g/mol. The number of pyridine rings is 1. The number of halogens is 2. The predicted molar refractivity (Wildman–Crippen MR) is 150 cm³/mol. The fourth-order valence-corrected chi connectivity index (χ4v) is 5.53. The SMILES string of the molecule is Cc1cc(C)c2[nH]c(=O)c([C@H](c3nnnn3Cc3ccc(F)cc3)N3CC=C(c4ccc(F)cc4)CC3)cc2c1. The van der Waals surface area contributed by atoms with Gasteiger partial charge in [0.1, 0.15) is 17.7 Å². The van der Waals surface area contributed by atoms with E-state index in [2.05, 4.69) is 37.6 Å². The summed E-state index contributed by atoms with van der Waals surface area (Å²) in [5, 5.41) is 13.5. The van der Waals surface area contributed by atoms with Crippen molar-refractivity contribution in [1.29, 1.82) is 0 Å². The molecule has 0 radical (unpaired) electrons. The van der Waals surface area contributed by atoms with E-state index in [1.165, 1.54) is 24.3 Å². The quantitative estimate of drug-likeness (QED) is 0.316. The van der Waals surface area contributed by atoms with E-state index in [9.17, 15) is 13.6 Å². The molecule has 0 saturated heterocycles. The van der Waals surface area contributed by atoms with E-state index in [1.54, 1.807) is 28.9 Å². The van der Waals surface area contributed by atoms with Gasteiger partial charge >= 0.3 is 0 Å². The fourth-order valence-electron chi connectivity index (χ4n) is 5.53. The van der Waals surface area contributed by atoms with Crippen molar-refractivity contribution in [3.63, 3.8) is 0 Å². The topological polar surface area (TPSA) is 79.7 Å². The van der Waals surface area contributed by atoms with Crippen molar-refractivity contribution in [3.05, 3.63) is 128 Å². The number of hydrogen-bond donors (Lipinski definition) is 1. The van der Waals surface area contributed by atoms with Crippen molar-refractivity contribution in [2.45, 2.75) is 32.9 Å². The zero-order chi connectivity index (χ0) is 27.8. The van der Waals surface area contributed by atoms with Crippen LogP contribution in [0.5, 0.6) is 0 Å². The number of benzene rings is 3. The second-order valence-corrected chi connectivity index (χ2v) is 10.3. The third-order valence-electron chi connectivity index (χ3n) is 7.49. The standard InChI is InChI=1S/C31H28F2N6O/c1-19-15-20(2)28-24(16-19)17-27(31(40)34-28)29(30-35-36-37-39(30)18-21-3-7-25(32)8-4-21)38-13-11-23(12-14-38)22-5-9-26(33)10-6-22/h3-11,15-17,29H,12-14,18H2,1-2H3,(H,34,40)/t29-/m1/s1. The molecular formula is C31H28F2N6O. The lowest BCUT2D eigenvalue weighted by molar-refractivity contribution is 0.234. The van der Waals surface area contributed by atoms with Crippen LogP contribution < -0.4 is 5.56 Å². The number of nitrogens with one attached hydrogen (secondary N) is 1. The number of hydrogen-bond acceptors (Lipinski definition) is 5. The lowest BCUT2D eigenvalue weighted by Gasteiger charge is -2.33. The Balaban J connectivity index is 1.43. The van der Waals surface area contributed by atoms with E-state index < -0.39 is 6.04 Å². The summed E-state index contributed by atoms with van der Waals surface area (Å²) in [6.07, 6.45) is 2.83. The fraction of sp³-hybridized carbons (Fsp3) is 0.226. The van der Waals surface area contributed by atoms with Gasteiger partial charge in [0.2, 0.25) is 0 Å². The van der Waals surface area contributed by atoms with E-state index in [-0.39, 0.29) is 17.2 Å². The lowest BCUT2D eigenvalue weighted by Crippen LogP contribution is -2.38. The highest BCUT2D eigenvalue weighted by Gasteiger charge is 2.31. The molecule has 9 heteroatoms. The number of fused-ring (bicyclic) bond motifs is 1. The molecule has 3 heterocycles. The van der Waals surface area contributed by atoms with E-state index in [0.29, 0.717) is 37.4 Å². The highest BCUT2D eigenvalue weighted by Crippen LogP contribution is 2.32. The number of aromatic amines is 1. The third kappa shape index (κ3) is 5.08. The second-order valence-electron chi connectivity index (χ2n) is 10.3. The molecule has 5 aromatic rings. The Morgan fingerprint density at radius 2 is 1.70 bits per heavy atom. The molecule has 1 atom stereocenters. The third-order valence-corrected chi connectivity index (χ3v) is 7.49. The largest absolute Gasteiger partial charge is 0.321 e. The van der Waals surface area contributed by atoms with E-state index in [4.69, 9.17) is 0 Å². The molecule has 6 rings (SSSR count). The van der Waals surface area contributed by atoms with Crippen molar-refractivity contribution in [2.24, 2.45) is 0 Å². The van der Waals surface area contributed by atoms with Crippen LogP contribution in [0.25, 0.3) is 16.5 Å². The maximum Gasteiger partial charge on any atom is 0.253 e. The van der Waals surface area contributed by atoms with Gasteiger partial charge in [-0.1, -0.05) is 42.0 Å². The molecular weight excluding hydrogens is 510 g/mol. The van der Waals surface area contributed by atoms with Crippen molar-refractivity contribution in [1.82, 2.24) is 30.1 Å². The van der Waals surface area contributed by atoms with Crippen LogP contribution in [0.4, 0.5) is 8.78 Å². The van der Waals surface area contributed by atoms with Crippen LogP contribution in [0.1, 0.15) is 46.1 Å². The number of aryl methyl sites for hydroxylation is 2. The van der Waals surface area contributed by atoms with Crippen molar-refractivity contribution in [2.75, 3.05) is 13.1 Å². The number of aromatic nitrogens is 5. The second kappa shape index (κ2) is 10.6. The molecule has 0 fully saturated rings. The molecule has 1 aliphatic rings. The monoisotopic (exact) mass is 538 g/mol. The van der Waals surface area contributed by atoms with Gasteiger partial charge in [0.15, 0.2) is 5.82 Å². The summed E-state index contributed by atoms with van der Waals surface area (Å²) < 4.78 is 28.7. The summed E-state index contributed by atoms with van der Waals surface area (Å²) in [5.74, 6) is -0.0584. The highest BCUT2D eigenvalue weighted by atomic mass is 19.1. The Morgan fingerprint density at radius 1 is 0.975 bits per heavy atom. The molecule has 0 unspecified atom stereocenters. The predicted octanol–water partition coefficient (Wildman–Crippen LogP) is 5.34. The number of tetrazole rings is 1. The Hall–Kier alpha value is -4.50. The minimum Gasteiger partial charge on any atom is -0.321 e.